The first-order chi connectivity index (χ1) is 13.0. The predicted octanol–water partition coefficient (Wildman–Crippen LogP) is 4.23. The molecule has 2 heterocycles. The van der Waals surface area contributed by atoms with Crippen LogP contribution in [0.4, 0.5) is 11.4 Å². The van der Waals surface area contributed by atoms with Gasteiger partial charge in [-0.25, -0.2) is 0 Å². The Morgan fingerprint density at radius 3 is 2.63 bits per heavy atom. The first-order valence-corrected chi connectivity index (χ1v) is 9.54. The molecule has 0 bridgehead atoms. The van der Waals surface area contributed by atoms with Crippen molar-refractivity contribution in [3.8, 4) is 11.5 Å². The molecule has 6 heteroatoms. The molecule has 0 N–H and O–H groups in total. The topological polar surface area (TPSA) is 58.9 Å². The molecule has 0 spiro atoms. The SMILES string of the molecule is Cc1c(Oc2ccccc2)ccc([N+](=O)[O-])c1N1CCN2CC[C@H](C)[C@H]2C1. The number of nitro benzene ring substituents is 1. The molecule has 2 aliphatic heterocycles. The number of hydrogen-bond donors (Lipinski definition) is 0. The number of benzene rings is 2. The monoisotopic (exact) mass is 367 g/mol. The van der Waals surface area contributed by atoms with Crippen molar-refractivity contribution in [2.45, 2.75) is 26.3 Å². The second kappa shape index (κ2) is 7.19. The number of fused-ring (bicyclic) bond motifs is 1. The van der Waals surface area contributed by atoms with Crippen molar-refractivity contribution < 1.29 is 9.66 Å². The molecule has 4 rings (SSSR count). The van der Waals surface area contributed by atoms with Crippen LogP contribution in [-0.2, 0) is 0 Å². The summed E-state index contributed by atoms with van der Waals surface area (Å²) in [6.07, 6.45) is 1.21. The van der Waals surface area contributed by atoms with E-state index in [9.17, 15) is 10.1 Å². The van der Waals surface area contributed by atoms with Crippen LogP contribution in [0, 0.1) is 23.0 Å². The summed E-state index contributed by atoms with van der Waals surface area (Å²) < 4.78 is 6.02. The number of anilines is 1. The molecule has 0 radical (unpaired) electrons. The van der Waals surface area contributed by atoms with Crippen molar-refractivity contribution in [1.29, 1.82) is 0 Å². The highest BCUT2D eigenvalue weighted by atomic mass is 16.6. The summed E-state index contributed by atoms with van der Waals surface area (Å²) in [5.41, 5.74) is 1.69. The summed E-state index contributed by atoms with van der Waals surface area (Å²) in [5.74, 6) is 2.02. The minimum Gasteiger partial charge on any atom is -0.457 e. The Morgan fingerprint density at radius 2 is 1.89 bits per heavy atom. The van der Waals surface area contributed by atoms with E-state index in [2.05, 4.69) is 16.7 Å². The van der Waals surface area contributed by atoms with Gasteiger partial charge >= 0.3 is 0 Å². The maximum absolute atomic E-state index is 11.7. The third-order valence-corrected chi connectivity index (χ3v) is 5.91. The molecular weight excluding hydrogens is 342 g/mol. The number of piperazine rings is 1. The fourth-order valence-electron chi connectivity index (χ4n) is 4.37. The summed E-state index contributed by atoms with van der Waals surface area (Å²) >= 11 is 0. The van der Waals surface area contributed by atoms with Crippen LogP contribution in [0.3, 0.4) is 0 Å². The fraction of sp³-hybridized carbons (Fsp3) is 0.429. The Labute approximate surface area is 159 Å². The molecule has 2 atom stereocenters. The van der Waals surface area contributed by atoms with E-state index < -0.39 is 0 Å². The van der Waals surface area contributed by atoms with Crippen molar-refractivity contribution in [3.63, 3.8) is 0 Å². The van der Waals surface area contributed by atoms with Crippen LogP contribution in [0.1, 0.15) is 18.9 Å². The molecule has 2 aromatic rings. The fourth-order valence-corrected chi connectivity index (χ4v) is 4.37. The van der Waals surface area contributed by atoms with Crippen molar-refractivity contribution in [3.05, 3.63) is 58.1 Å². The summed E-state index contributed by atoms with van der Waals surface area (Å²) in [4.78, 5) is 16.1. The van der Waals surface area contributed by atoms with Gasteiger partial charge < -0.3 is 9.64 Å². The molecule has 2 saturated heterocycles. The number of ether oxygens (including phenoxy) is 1. The quantitative estimate of drug-likeness (QED) is 0.598. The lowest BCUT2D eigenvalue weighted by Gasteiger charge is -2.40. The van der Waals surface area contributed by atoms with Gasteiger partial charge in [-0.1, -0.05) is 25.1 Å². The van der Waals surface area contributed by atoms with Gasteiger partial charge in [0.15, 0.2) is 0 Å². The maximum Gasteiger partial charge on any atom is 0.293 e. The van der Waals surface area contributed by atoms with Crippen molar-refractivity contribution in [2.24, 2.45) is 5.92 Å². The van der Waals surface area contributed by atoms with Crippen LogP contribution >= 0.6 is 0 Å². The van der Waals surface area contributed by atoms with Gasteiger partial charge in [0.05, 0.1) is 4.92 Å². The Balaban J connectivity index is 1.69. The Hall–Kier alpha value is -2.60. The Morgan fingerprint density at radius 1 is 1.11 bits per heavy atom. The predicted molar refractivity (Wildman–Crippen MR) is 106 cm³/mol. The van der Waals surface area contributed by atoms with E-state index in [0.717, 1.165) is 37.5 Å². The number of para-hydroxylation sites is 1. The first kappa shape index (κ1) is 17.8. The van der Waals surface area contributed by atoms with E-state index in [1.54, 1.807) is 12.1 Å². The standard InChI is InChI=1S/C21H25N3O3/c1-15-10-11-22-12-13-23(14-19(15)22)21-16(2)20(9-8-18(21)24(25)26)27-17-6-4-3-5-7-17/h3-9,15,19H,10-14H2,1-2H3/t15-,19+/m0/s1. The van der Waals surface area contributed by atoms with Gasteiger partial charge in [-0.2, -0.15) is 0 Å². The highest BCUT2D eigenvalue weighted by molar-refractivity contribution is 5.72. The third kappa shape index (κ3) is 3.37. The van der Waals surface area contributed by atoms with Crippen LogP contribution in [0.15, 0.2) is 42.5 Å². The van der Waals surface area contributed by atoms with E-state index in [0.29, 0.717) is 23.4 Å². The molecule has 2 fully saturated rings. The van der Waals surface area contributed by atoms with Gasteiger partial charge in [0.2, 0.25) is 0 Å². The summed E-state index contributed by atoms with van der Waals surface area (Å²) in [7, 11) is 0. The van der Waals surface area contributed by atoms with Crippen molar-refractivity contribution >= 4 is 11.4 Å². The minimum atomic E-state index is -0.279. The van der Waals surface area contributed by atoms with Crippen molar-refractivity contribution in [2.75, 3.05) is 31.1 Å². The Kier molecular flexibility index (Phi) is 4.74. The van der Waals surface area contributed by atoms with Crippen LogP contribution < -0.4 is 9.64 Å². The van der Waals surface area contributed by atoms with E-state index in [4.69, 9.17) is 4.74 Å². The van der Waals surface area contributed by atoms with Gasteiger partial charge in [-0.05, 0) is 44.0 Å². The zero-order chi connectivity index (χ0) is 19.0. The lowest BCUT2D eigenvalue weighted by Crippen LogP contribution is -2.52. The molecule has 27 heavy (non-hydrogen) atoms. The van der Waals surface area contributed by atoms with Gasteiger partial charge in [0, 0.05) is 37.3 Å². The minimum absolute atomic E-state index is 0.159. The van der Waals surface area contributed by atoms with Gasteiger partial charge in [-0.15, -0.1) is 0 Å². The van der Waals surface area contributed by atoms with E-state index in [1.807, 2.05) is 37.3 Å². The molecule has 0 aromatic heterocycles. The lowest BCUT2D eigenvalue weighted by atomic mass is 10.00. The Bertz CT molecular complexity index is 840. The van der Waals surface area contributed by atoms with E-state index >= 15 is 0 Å². The van der Waals surface area contributed by atoms with Crippen LogP contribution in [0.25, 0.3) is 0 Å². The highest BCUT2D eigenvalue weighted by Crippen LogP contribution is 2.41. The van der Waals surface area contributed by atoms with Crippen LogP contribution in [-0.4, -0.2) is 42.0 Å². The maximum atomic E-state index is 11.7. The van der Waals surface area contributed by atoms with Crippen LogP contribution in [0.5, 0.6) is 11.5 Å². The molecule has 0 aliphatic carbocycles. The third-order valence-electron chi connectivity index (χ3n) is 5.91. The summed E-state index contributed by atoms with van der Waals surface area (Å²) in [6.45, 7) is 7.93. The summed E-state index contributed by atoms with van der Waals surface area (Å²) in [6, 6.07) is 13.3. The van der Waals surface area contributed by atoms with E-state index in [1.165, 1.54) is 6.42 Å². The van der Waals surface area contributed by atoms with E-state index in [-0.39, 0.29) is 10.6 Å². The smallest absolute Gasteiger partial charge is 0.293 e. The summed E-state index contributed by atoms with van der Waals surface area (Å²) in [5, 5.41) is 11.7. The molecular formula is C21H25N3O3. The number of nitro groups is 1. The number of hydrogen-bond acceptors (Lipinski definition) is 5. The molecule has 142 valence electrons. The molecule has 6 nitrogen and oxygen atoms in total. The largest absolute Gasteiger partial charge is 0.457 e. The van der Waals surface area contributed by atoms with Crippen molar-refractivity contribution in [1.82, 2.24) is 4.90 Å². The zero-order valence-electron chi connectivity index (χ0n) is 15.8. The highest BCUT2D eigenvalue weighted by Gasteiger charge is 2.38. The molecule has 0 amide bonds. The molecule has 0 unspecified atom stereocenters. The second-order valence-electron chi connectivity index (χ2n) is 7.54. The first-order valence-electron chi connectivity index (χ1n) is 9.54. The number of nitrogens with zero attached hydrogens (tertiary/aromatic N) is 3. The average Bonchev–Trinajstić information content (AvgIpc) is 3.04. The van der Waals surface area contributed by atoms with Gasteiger partial charge in [0.1, 0.15) is 17.2 Å². The van der Waals surface area contributed by atoms with Crippen LogP contribution in [0.2, 0.25) is 0 Å². The second-order valence-corrected chi connectivity index (χ2v) is 7.54. The van der Waals surface area contributed by atoms with Gasteiger partial charge in [0.25, 0.3) is 5.69 Å². The zero-order valence-corrected chi connectivity index (χ0v) is 15.8. The molecule has 2 aliphatic rings. The normalized spacial score (nSPS) is 22.5. The average molecular weight is 367 g/mol. The number of rotatable bonds is 4. The molecule has 2 aromatic carbocycles. The lowest BCUT2D eigenvalue weighted by molar-refractivity contribution is -0.384. The molecule has 0 saturated carbocycles. The van der Waals surface area contributed by atoms with Gasteiger partial charge in [-0.3, -0.25) is 15.0 Å².